The minimum absolute atomic E-state index is 0.116. The highest BCUT2D eigenvalue weighted by atomic mass is 19.1. The van der Waals surface area contributed by atoms with Crippen molar-refractivity contribution in [1.29, 1.82) is 0 Å². The van der Waals surface area contributed by atoms with Gasteiger partial charge in [0.15, 0.2) is 0 Å². The standard InChI is InChI=1S/C15H19FN2O/c1-11-10-15(7-8-17-11)6-5-14(19)18(15)13-4-2-3-12(16)9-13/h2-4,9,11,17H,5-8,10H2,1H3/t11-,15+/m0/s1. The van der Waals surface area contributed by atoms with Crippen LogP contribution in [0.1, 0.15) is 32.6 Å². The van der Waals surface area contributed by atoms with E-state index in [-0.39, 0.29) is 17.3 Å². The molecule has 2 saturated heterocycles. The number of hydrogen-bond donors (Lipinski definition) is 1. The summed E-state index contributed by atoms with van der Waals surface area (Å²) in [5.41, 5.74) is 0.590. The Bertz CT molecular complexity index is 505. The predicted octanol–water partition coefficient (Wildman–Crippen LogP) is 2.46. The van der Waals surface area contributed by atoms with Crippen LogP contribution < -0.4 is 10.2 Å². The molecule has 102 valence electrons. The fraction of sp³-hybridized carbons (Fsp3) is 0.533. The first-order chi connectivity index (χ1) is 9.11. The van der Waals surface area contributed by atoms with Gasteiger partial charge in [0.05, 0.1) is 5.54 Å². The zero-order valence-corrected chi connectivity index (χ0v) is 11.2. The molecule has 1 amide bonds. The van der Waals surface area contributed by atoms with Crippen molar-refractivity contribution >= 4 is 11.6 Å². The Kier molecular flexibility index (Phi) is 3.05. The van der Waals surface area contributed by atoms with Crippen LogP contribution in [0.5, 0.6) is 0 Å². The minimum atomic E-state index is -0.283. The Morgan fingerprint density at radius 1 is 1.42 bits per heavy atom. The van der Waals surface area contributed by atoms with E-state index in [1.165, 1.54) is 12.1 Å². The van der Waals surface area contributed by atoms with E-state index in [2.05, 4.69) is 12.2 Å². The Hall–Kier alpha value is -1.42. The summed E-state index contributed by atoms with van der Waals surface area (Å²) in [6, 6.07) is 6.80. The monoisotopic (exact) mass is 262 g/mol. The summed E-state index contributed by atoms with van der Waals surface area (Å²) in [6.07, 6.45) is 3.34. The highest BCUT2D eigenvalue weighted by molar-refractivity contribution is 5.97. The number of carbonyl (C=O) groups excluding carboxylic acids is 1. The lowest BCUT2D eigenvalue weighted by atomic mass is 9.82. The maximum atomic E-state index is 13.4. The molecule has 0 radical (unpaired) electrons. The van der Waals surface area contributed by atoms with Crippen LogP contribution >= 0.6 is 0 Å². The number of halogens is 1. The Morgan fingerprint density at radius 2 is 2.26 bits per heavy atom. The number of rotatable bonds is 1. The second kappa shape index (κ2) is 4.60. The van der Waals surface area contributed by atoms with Crippen molar-refractivity contribution in [3.63, 3.8) is 0 Å². The summed E-state index contributed by atoms with van der Waals surface area (Å²) in [4.78, 5) is 14.1. The average molecular weight is 262 g/mol. The molecule has 1 N–H and O–H groups in total. The molecule has 2 atom stereocenters. The maximum Gasteiger partial charge on any atom is 0.227 e. The molecular weight excluding hydrogens is 243 g/mol. The van der Waals surface area contributed by atoms with Crippen molar-refractivity contribution in [2.45, 2.75) is 44.2 Å². The summed E-state index contributed by atoms with van der Waals surface area (Å²) in [5, 5.41) is 3.42. The van der Waals surface area contributed by atoms with Crippen molar-refractivity contribution in [2.75, 3.05) is 11.4 Å². The number of carbonyl (C=O) groups is 1. The van der Waals surface area contributed by atoms with Crippen LogP contribution in [0.4, 0.5) is 10.1 Å². The number of anilines is 1. The average Bonchev–Trinajstić information content (AvgIpc) is 2.66. The van der Waals surface area contributed by atoms with Crippen LogP contribution in [-0.4, -0.2) is 24.0 Å². The minimum Gasteiger partial charge on any atom is -0.314 e. The molecule has 2 fully saturated rings. The summed E-state index contributed by atoms with van der Waals surface area (Å²) in [6.45, 7) is 3.06. The summed E-state index contributed by atoms with van der Waals surface area (Å²) in [5.74, 6) is -0.158. The largest absolute Gasteiger partial charge is 0.314 e. The van der Waals surface area contributed by atoms with Crippen molar-refractivity contribution in [1.82, 2.24) is 5.32 Å². The van der Waals surface area contributed by atoms with E-state index in [1.54, 1.807) is 6.07 Å². The van der Waals surface area contributed by atoms with Crippen molar-refractivity contribution < 1.29 is 9.18 Å². The lowest BCUT2D eigenvalue weighted by Crippen LogP contribution is -2.55. The molecule has 2 aliphatic rings. The van der Waals surface area contributed by atoms with Gasteiger partial charge in [-0.1, -0.05) is 6.07 Å². The molecular formula is C15H19FN2O. The number of benzene rings is 1. The smallest absolute Gasteiger partial charge is 0.227 e. The molecule has 1 aromatic rings. The van der Waals surface area contributed by atoms with Gasteiger partial charge in [0.2, 0.25) is 5.91 Å². The summed E-state index contributed by atoms with van der Waals surface area (Å²) in [7, 11) is 0. The first-order valence-corrected chi connectivity index (χ1v) is 6.93. The van der Waals surface area contributed by atoms with Crippen molar-refractivity contribution in [3.8, 4) is 0 Å². The lowest BCUT2D eigenvalue weighted by molar-refractivity contribution is -0.117. The van der Waals surface area contributed by atoms with Crippen LogP contribution in [0, 0.1) is 5.82 Å². The molecule has 4 heteroatoms. The molecule has 0 bridgehead atoms. The quantitative estimate of drug-likeness (QED) is 0.843. The van der Waals surface area contributed by atoms with Crippen molar-refractivity contribution in [2.24, 2.45) is 0 Å². The van der Waals surface area contributed by atoms with Crippen LogP contribution in [0.3, 0.4) is 0 Å². The predicted molar refractivity (Wildman–Crippen MR) is 72.5 cm³/mol. The highest BCUT2D eigenvalue weighted by Crippen LogP contribution is 2.42. The third kappa shape index (κ3) is 2.14. The SMILES string of the molecule is C[C@H]1C[C@]2(CCN1)CCC(=O)N2c1cccc(F)c1. The second-order valence-corrected chi connectivity index (χ2v) is 5.74. The van der Waals surface area contributed by atoms with Gasteiger partial charge in [-0.25, -0.2) is 4.39 Å². The van der Waals surface area contributed by atoms with Gasteiger partial charge in [-0.15, -0.1) is 0 Å². The first-order valence-electron chi connectivity index (χ1n) is 6.93. The zero-order valence-electron chi connectivity index (χ0n) is 11.2. The van der Waals surface area contributed by atoms with Crippen LogP contribution in [0.2, 0.25) is 0 Å². The fourth-order valence-electron chi connectivity index (χ4n) is 3.59. The van der Waals surface area contributed by atoms with Gasteiger partial charge in [-0.2, -0.15) is 0 Å². The number of nitrogens with zero attached hydrogens (tertiary/aromatic N) is 1. The molecule has 0 aliphatic carbocycles. The maximum absolute atomic E-state index is 13.4. The van der Waals surface area contributed by atoms with E-state index in [9.17, 15) is 9.18 Å². The fourth-order valence-corrected chi connectivity index (χ4v) is 3.59. The van der Waals surface area contributed by atoms with Gasteiger partial charge in [-0.05, 0) is 50.9 Å². The molecule has 1 aromatic carbocycles. The van der Waals surface area contributed by atoms with Gasteiger partial charge >= 0.3 is 0 Å². The molecule has 0 aromatic heterocycles. The van der Waals surface area contributed by atoms with E-state index in [1.807, 2.05) is 11.0 Å². The van der Waals surface area contributed by atoms with Gasteiger partial charge in [0, 0.05) is 18.2 Å². The highest BCUT2D eigenvalue weighted by Gasteiger charge is 2.47. The first kappa shape index (κ1) is 12.6. The third-order valence-electron chi connectivity index (χ3n) is 4.36. The lowest BCUT2D eigenvalue weighted by Gasteiger charge is -2.44. The van der Waals surface area contributed by atoms with Gasteiger partial charge in [0.1, 0.15) is 5.82 Å². The number of nitrogens with one attached hydrogen (secondary N) is 1. The Morgan fingerprint density at radius 3 is 3.00 bits per heavy atom. The molecule has 3 nitrogen and oxygen atoms in total. The number of amides is 1. The molecule has 2 aliphatic heterocycles. The Balaban J connectivity index is 1.98. The van der Waals surface area contributed by atoms with Gasteiger partial charge in [0.25, 0.3) is 0 Å². The molecule has 0 unspecified atom stereocenters. The number of hydrogen-bond acceptors (Lipinski definition) is 2. The van der Waals surface area contributed by atoms with Crippen LogP contribution in [0.15, 0.2) is 24.3 Å². The zero-order chi connectivity index (χ0) is 13.5. The van der Waals surface area contributed by atoms with Crippen LogP contribution in [0.25, 0.3) is 0 Å². The third-order valence-corrected chi connectivity index (χ3v) is 4.36. The van der Waals surface area contributed by atoms with E-state index in [0.717, 1.165) is 25.8 Å². The van der Waals surface area contributed by atoms with E-state index < -0.39 is 0 Å². The molecule has 0 saturated carbocycles. The second-order valence-electron chi connectivity index (χ2n) is 5.74. The molecule has 19 heavy (non-hydrogen) atoms. The number of piperidine rings is 1. The van der Waals surface area contributed by atoms with Gasteiger partial charge in [-0.3, -0.25) is 4.79 Å². The van der Waals surface area contributed by atoms with Gasteiger partial charge < -0.3 is 10.2 Å². The van der Waals surface area contributed by atoms with Crippen molar-refractivity contribution in [3.05, 3.63) is 30.1 Å². The summed E-state index contributed by atoms with van der Waals surface area (Å²) >= 11 is 0. The normalized spacial score (nSPS) is 31.2. The molecule has 3 rings (SSSR count). The van der Waals surface area contributed by atoms with E-state index in [0.29, 0.717) is 18.2 Å². The van der Waals surface area contributed by atoms with E-state index >= 15 is 0 Å². The Labute approximate surface area is 112 Å². The topological polar surface area (TPSA) is 32.3 Å². The molecule has 1 spiro atoms. The van der Waals surface area contributed by atoms with Crippen LogP contribution in [-0.2, 0) is 4.79 Å². The summed E-state index contributed by atoms with van der Waals surface area (Å²) < 4.78 is 13.4. The van der Waals surface area contributed by atoms with E-state index in [4.69, 9.17) is 0 Å². The molecule has 2 heterocycles.